The molecule has 0 radical (unpaired) electrons. The molecular formula is C13H19ClN2O2S. The van der Waals surface area contributed by atoms with Crippen molar-refractivity contribution in [2.24, 2.45) is 0 Å². The molecule has 1 aromatic rings. The third kappa shape index (κ3) is 3.69. The molecule has 0 amide bonds. The molecule has 1 aromatic carbocycles. The number of hydrogen-bond acceptors (Lipinski definition) is 3. The van der Waals surface area contributed by atoms with Gasteiger partial charge in [0.25, 0.3) is 0 Å². The van der Waals surface area contributed by atoms with Crippen LogP contribution in [0.1, 0.15) is 6.42 Å². The Morgan fingerprint density at radius 3 is 2.47 bits per heavy atom. The van der Waals surface area contributed by atoms with Gasteiger partial charge in [0.1, 0.15) is 0 Å². The summed E-state index contributed by atoms with van der Waals surface area (Å²) in [6.07, 6.45) is 0.850. The largest absolute Gasteiger partial charge is 0.301 e. The molecule has 1 aliphatic rings. The van der Waals surface area contributed by atoms with Crippen LogP contribution in [-0.4, -0.2) is 56.2 Å². The van der Waals surface area contributed by atoms with E-state index in [9.17, 15) is 8.42 Å². The van der Waals surface area contributed by atoms with Gasteiger partial charge in [0.2, 0.25) is 10.0 Å². The first-order chi connectivity index (χ1) is 9.14. The molecule has 1 aliphatic heterocycles. The van der Waals surface area contributed by atoms with E-state index in [-0.39, 0.29) is 0 Å². The van der Waals surface area contributed by atoms with Crippen LogP contribution in [0.3, 0.4) is 0 Å². The van der Waals surface area contributed by atoms with Crippen LogP contribution in [0.4, 0.5) is 0 Å². The molecule has 1 fully saturated rings. The quantitative estimate of drug-likeness (QED) is 0.794. The standard InChI is InChI=1S/C13H19ClN2O2S/c14-7-10-15-8-4-9-16(12-11-15)19(17,18)13-5-2-1-3-6-13/h1-3,5-6H,4,7-12H2. The summed E-state index contributed by atoms with van der Waals surface area (Å²) < 4.78 is 26.6. The summed E-state index contributed by atoms with van der Waals surface area (Å²) in [5.41, 5.74) is 0. The maximum absolute atomic E-state index is 12.5. The molecule has 6 heteroatoms. The first kappa shape index (κ1) is 14.8. The number of halogens is 1. The highest BCUT2D eigenvalue weighted by Crippen LogP contribution is 2.17. The minimum atomic E-state index is -3.35. The molecule has 0 aromatic heterocycles. The lowest BCUT2D eigenvalue weighted by Gasteiger charge is -2.21. The highest BCUT2D eigenvalue weighted by molar-refractivity contribution is 7.89. The van der Waals surface area contributed by atoms with Crippen LogP contribution in [-0.2, 0) is 10.0 Å². The van der Waals surface area contributed by atoms with Crippen LogP contribution in [0.25, 0.3) is 0 Å². The summed E-state index contributed by atoms with van der Waals surface area (Å²) in [4.78, 5) is 2.59. The van der Waals surface area contributed by atoms with E-state index in [0.29, 0.717) is 23.9 Å². The normalized spacial score (nSPS) is 19.2. The zero-order valence-corrected chi connectivity index (χ0v) is 12.4. The molecule has 19 heavy (non-hydrogen) atoms. The summed E-state index contributed by atoms with van der Waals surface area (Å²) in [6.45, 7) is 3.59. The van der Waals surface area contributed by atoms with Gasteiger partial charge in [-0.15, -0.1) is 11.6 Å². The van der Waals surface area contributed by atoms with E-state index in [4.69, 9.17) is 11.6 Å². The molecule has 0 N–H and O–H groups in total. The van der Waals surface area contributed by atoms with Crippen LogP contribution in [0, 0.1) is 0 Å². The Morgan fingerprint density at radius 2 is 1.79 bits per heavy atom. The van der Waals surface area contributed by atoms with Gasteiger partial charge in [-0.05, 0) is 25.1 Å². The lowest BCUT2D eigenvalue weighted by Crippen LogP contribution is -2.35. The van der Waals surface area contributed by atoms with E-state index in [1.165, 1.54) is 0 Å². The zero-order chi connectivity index (χ0) is 13.7. The van der Waals surface area contributed by atoms with Gasteiger partial charge < -0.3 is 4.90 Å². The Hall–Kier alpha value is -0.620. The molecule has 2 rings (SSSR count). The predicted molar refractivity (Wildman–Crippen MR) is 77.0 cm³/mol. The van der Waals surface area contributed by atoms with Crippen molar-refractivity contribution >= 4 is 21.6 Å². The van der Waals surface area contributed by atoms with Gasteiger partial charge in [-0.1, -0.05) is 18.2 Å². The van der Waals surface area contributed by atoms with E-state index in [2.05, 4.69) is 4.90 Å². The minimum Gasteiger partial charge on any atom is -0.301 e. The monoisotopic (exact) mass is 302 g/mol. The average molecular weight is 303 g/mol. The van der Waals surface area contributed by atoms with Crippen LogP contribution < -0.4 is 0 Å². The summed E-state index contributed by atoms with van der Waals surface area (Å²) in [6, 6.07) is 8.63. The topological polar surface area (TPSA) is 40.6 Å². The summed E-state index contributed by atoms with van der Waals surface area (Å²) >= 11 is 5.74. The van der Waals surface area contributed by atoms with Crippen molar-refractivity contribution in [3.8, 4) is 0 Å². The molecule has 1 heterocycles. The number of alkyl halides is 1. The fraction of sp³-hybridized carbons (Fsp3) is 0.538. The SMILES string of the molecule is O=S(=O)(c1ccccc1)N1CCCN(CCCl)CC1. The fourth-order valence-electron chi connectivity index (χ4n) is 2.27. The van der Waals surface area contributed by atoms with Crippen LogP contribution in [0.5, 0.6) is 0 Å². The predicted octanol–water partition coefficient (Wildman–Crippen LogP) is 1.62. The lowest BCUT2D eigenvalue weighted by molar-refractivity contribution is 0.303. The first-order valence-corrected chi connectivity index (χ1v) is 8.45. The minimum absolute atomic E-state index is 0.376. The van der Waals surface area contributed by atoms with Crippen molar-refractivity contribution in [2.45, 2.75) is 11.3 Å². The average Bonchev–Trinajstić information content (AvgIpc) is 2.66. The number of benzene rings is 1. The second-order valence-electron chi connectivity index (χ2n) is 4.60. The highest BCUT2D eigenvalue weighted by atomic mass is 35.5. The molecule has 0 aliphatic carbocycles. The Labute approximate surface area is 120 Å². The third-order valence-electron chi connectivity index (χ3n) is 3.33. The van der Waals surface area contributed by atoms with Gasteiger partial charge >= 0.3 is 0 Å². The van der Waals surface area contributed by atoms with Gasteiger partial charge in [-0.2, -0.15) is 4.31 Å². The Balaban J connectivity index is 2.10. The second kappa shape index (κ2) is 6.70. The molecule has 0 spiro atoms. The van der Waals surface area contributed by atoms with Gasteiger partial charge in [-0.3, -0.25) is 0 Å². The molecule has 0 unspecified atom stereocenters. The number of nitrogens with zero attached hydrogens (tertiary/aromatic N) is 2. The summed E-state index contributed by atoms with van der Waals surface area (Å²) in [5, 5.41) is 0. The number of sulfonamides is 1. The maximum Gasteiger partial charge on any atom is 0.243 e. The number of hydrogen-bond donors (Lipinski definition) is 0. The van der Waals surface area contributed by atoms with Crippen molar-refractivity contribution in [2.75, 3.05) is 38.6 Å². The Bertz CT molecular complexity index is 493. The van der Waals surface area contributed by atoms with Crippen molar-refractivity contribution in [1.82, 2.24) is 9.21 Å². The van der Waals surface area contributed by atoms with E-state index < -0.39 is 10.0 Å². The van der Waals surface area contributed by atoms with Crippen LogP contribution in [0.2, 0.25) is 0 Å². The van der Waals surface area contributed by atoms with Crippen molar-refractivity contribution in [3.05, 3.63) is 30.3 Å². The van der Waals surface area contributed by atoms with Gasteiger partial charge in [0.05, 0.1) is 4.90 Å². The second-order valence-corrected chi connectivity index (χ2v) is 6.92. The zero-order valence-electron chi connectivity index (χ0n) is 10.8. The molecule has 4 nitrogen and oxygen atoms in total. The van der Waals surface area contributed by atoms with Gasteiger partial charge in [0, 0.05) is 32.1 Å². The van der Waals surface area contributed by atoms with E-state index in [0.717, 1.165) is 26.1 Å². The Kier molecular flexibility index (Phi) is 5.21. The summed E-state index contributed by atoms with van der Waals surface area (Å²) in [5.74, 6) is 0.589. The first-order valence-electron chi connectivity index (χ1n) is 6.48. The Morgan fingerprint density at radius 1 is 1.05 bits per heavy atom. The van der Waals surface area contributed by atoms with Crippen LogP contribution in [0.15, 0.2) is 35.2 Å². The molecule has 1 saturated heterocycles. The number of rotatable bonds is 4. The van der Waals surface area contributed by atoms with Crippen molar-refractivity contribution in [3.63, 3.8) is 0 Å². The molecule has 0 atom stereocenters. The third-order valence-corrected chi connectivity index (χ3v) is 5.41. The molecule has 0 bridgehead atoms. The highest BCUT2D eigenvalue weighted by Gasteiger charge is 2.26. The van der Waals surface area contributed by atoms with E-state index in [1.807, 2.05) is 6.07 Å². The lowest BCUT2D eigenvalue weighted by atomic mass is 10.4. The fourth-order valence-corrected chi connectivity index (χ4v) is 4.00. The van der Waals surface area contributed by atoms with E-state index in [1.54, 1.807) is 28.6 Å². The van der Waals surface area contributed by atoms with E-state index >= 15 is 0 Å². The smallest absolute Gasteiger partial charge is 0.243 e. The van der Waals surface area contributed by atoms with Crippen LogP contribution >= 0.6 is 11.6 Å². The van der Waals surface area contributed by atoms with Crippen molar-refractivity contribution < 1.29 is 8.42 Å². The van der Waals surface area contributed by atoms with Gasteiger partial charge in [0.15, 0.2) is 0 Å². The van der Waals surface area contributed by atoms with Gasteiger partial charge in [-0.25, -0.2) is 8.42 Å². The molecule has 106 valence electrons. The van der Waals surface area contributed by atoms with Crippen molar-refractivity contribution in [1.29, 1.82) is 0 Å². The molecular weight excluding hydrogens is 284 g/mol. The molecule has 0 saturated carbocycles. The summed E-state index contributed by atoms with van der Waals surface area (Å²) in [7, 11) is -3.35. The maximum atomic E-state index is 12.5.